The number of hydrogen-bond acceptors (Lipinski definition) is 4. The second-order valence-corrected chi connectivity index (χ2v) is 6.15. The van der Waals surface area contributed by atoms with Crippen molar-refractivity contribution < 1.29 is 19.5 Å². The zero-order valence-electron chi connectivity index (χ0n) is 14.8. The molecule has 0 saturated carbocycles. The molecule has 3 rings (SSSR count). The zero-order chi connectivity index (χ0) is 18.0. The normalized spacial score (nSPS) is 16.2. The van der Waals surface area contributed by atoms with Gasteiger partial charge < -0.3 is 9.84 Å². The van der Waals surface area contributed by atoms with Gasteiger partial charge in [-0.2, -0.15) is 0 Å². The molecular formula is C20H23NO4. The number of hydroxylamine groups is 2. The molecule has 0 bridgehead atoms. The summed E-state index contributed by atoms with van der Waals surface area (Å²) in [6, 6.07) is 11.2. The Morgan fingerprint density at radius 1 is 1.16 bits per heavy atom. The number of nitrogens with zero attached hydrogens (tertiary/aromatic N) is 1. The number of amides is 1. The first-order chi connectivity index (χ1) is 12.1. The Morgan fingerprint density at radius 3 is 2.64 bits per heavy atom. The van der Waals surface area contributed by atoms with E-state index >= 15 is 0 Å². The molecule has 0 aromatic heterocycles. The second-order valence-electron chi connectivity index (χ2n) is 6.15. The molecule has 1 aliphatic rings. The fraction of sp³-hybridized carbons (Fsp3) is 0.350. The SMILES string of the molecule is COc1ccc(-c2ccccc2C(=O)N(C)OC)c2c1CCCC2O. The lowest BCUT2D eigenvalue weighted by molar-refractivity contribution is -0.0756. The Kier molecular flexibility index (Phi) is 5.06. The Labute approximate surface area is 147 Å². The Hall–Kier alpha value is -2.37. The average molecular weight is 341 g/mol. The molecule has 5 heteroatoms. The van der Waals surface area contributed by atoms with Gasteiger partial charge in [0.2, 0.25) is 0 Å². The summed E-state index contributed by atoms with van der Waals surface area (Å²) < 4.78 is 5.48. The van der Waals surface area contributed by atoms with Gasteiger partial charge in [-0.1, -0.05) is 24.3 Å². The highest BCUT2D eigenvalue weighted by atomic mass is 16.7. The van der Waals surface area contributed by atoms with Crippen molar-refractivity contribution >= 4 is 5.91 Å². The van der Waals surface area contributed by atoms with Crippen molar-refractivity contribution in [1.29, 1.82) is 0 Å². The molecule has 1 unspecified atom stereocenters. The molecule has 25 heavy (non-hydrogen) atoms. The first kappa shape index (κ1) is 17.5. The molecule has 132 valence electrons. The number of carbonyl (C=O) groups excluding carboxylic acids is 1. The van der Waals surface area contributed by atoms with E-state index < -0.39 is 6.10 Å². The Balaban J connectivity index is 2.20. The first-order valence-corrected chi connectivity index (χ1v) is 8.37. The molecule has 1 atom stereocenters. The van der Waals surface area contributed by atoms with Crippen LogP contribution in [0.2, 0.25) is 0 Å². The maximum Gasteiger partial charge on any atom is 0.277 e. The Morgan fingerprint density at radius 2 is 1.92 bits per heavy atom. The van der Waals surface area contributed by atoms with Gasteiger partial charge in [0.25, 0.3) is 5.91 Å². The van der Waals surface area contributed by atoms with Crippen LogP contribution in [0.15, 0.2) is 36.4 Å². The van der Waals surface area contributed by atoms with Crippen LogP contribution in [0, 0.1) is 0 Å². The second kappa shape index (κ2) is 7.25. The van der Waals surface area contributed by atoms with Crippen LogP contribution in [0.5, 0.6) is 5.75 Å². The highest BCUT2D eigenvalue weighted by Gasteiger charge is 2.27. The van der Waals surface area contributed by atoms with Gasteiger partial charge in [-0.25, -0.2) is 5.06 Å². The van der Waals surface area contributed by atoms with Crippen LogP contribution in [0.3, 0.4) is 0 Å². The van der Waals surface area contributed by atoms with E-state index in [1.807, 2.05) is 30.3 Å². The van der Waals surface area contributed by atoms with Crippen LogP contribution in [-0.2, 0) is 11.3 Å². The largest absolute Gasteiger partial charge is 0.496 e. The molecule has 0 aliphatic heterocycles. The lowest BCUT2D eigenvalue weighted by Gasteiger charge is -2.27. The minimum Gasteiger partial charge on any atom is -0.496 e. The maximum atomic E-state index is 12.7. The smallest absolute Gasteiger partial charge is 0.277 e. The molecule has 1 amide bonds. The summed E-state index contributed by atoms with van der Waals surface area (Å²) in [6.45, 7) is 0. The number of methoxy groups -OCH3 is 1. The van der Waals surface area contributed by atoms with Gasteiger partial charge in [0, 0.05) is 18.2 Å². The fourth-order valence-corrected chi connectivity index (χ4v) is 3.48. The molecular weight excluding hydrogens is 318 g/mol. The summed E-state index contributed by atoms with van der Waals surface area (Å²) in [4.78, 5) is 17.7. The van der Waals surface area contributed by atoms with Gasteiger partial charge in [0.1, 0.15) is 5.75 Å². The molecule has 0 heterocycles. The van der Waals surface area contributed by atoms with Crippen molar-refractivity contribution in [3.05, 3.63) is 53.1 Å². The third-order valence-electron chi connectivity index (χ3n) is 4.78. The summed E-state index contributed by atoms with van der Waals surface area (Å²) >= 11 is 0. The van der Waals surface area contributed by atoms with Crippen molar-refractivity contribution in [2.45, 2.75) is 25.4 Å². The Bertz CT molecular complexity index is 787. The minimum absolute atomic E-state index is 0.229. The molecule has 0 saturated heterocycles. The monoisotopic (exact) mass is 341 g/mol. The van der Waals surface area contributed by atoms with Gasteiger partial charge in [-0.3, -0.25) is 9.63 Å². The lowest BCUT2D eigenvalue weighted by Crippen LogP contribution is -2.26. The molecule has 0 fully saturated rings. The topological polar surface area (TPSA) is 59.0 Å². The molecule has 2 aromatic carbocycles. The summed E-state index contributed by atoms with van der Waals surface area (Å²) in [6.07, 6.45) is 1.93. The predicted molar refractivity (Wildman–Crippen MR) is 95.4 cm³/mol. The third kappa shape index (κ3) is 3.13. The summed E-state index contributed by atoms with van der Waals surface area (Å²) in [5.74, 6) is 0.559. The third-order valence-corrected chi connectivity index (χ3v) is 4.78. The van der Waals surface area contributed by atoms with E-state index in [4.69, 9.17) is 9.57 Å². The van der Waals surface area contributed by atoms with E-state index in [-0.39, 0.29) is 5.91 Å². The van der Waals surface area contributed by atoms with Gasteiger partial charge in [0.15, 0.2) is 0 Å². The van der Waals surface area contributed by atoms with Crippen LogP contribution in [0.25, 0.3) is 11.1 Å². The van der Waals surface area contributed by atoms with Crippen LogP contribution < -0.4 is 4.74 Å². The molecule has 2 aromatic rings. The van der Waals surface area contributed by atoms with E-state index in [1.54, 1.807) is 20.2 Å². The predicted octanol–water partition coefficient (Wildman–Crippen LogP) is 3.37. The van der Waals surface area contributed by atoms with Crippen LogP contribution in [0.1, 0.15) is 40.4 Å². The summed E-state index contributed by atoms with van der Waals surface area (Å²) in [7, 11) is 4.68. The number of aliphatic hydroxyl groups excluding tert-OH is 1. The molecule has 1 N–H and O–H groups in total. The number of ether oxygens (including phenoxy) is 1. The summed E-state index contributed by atoms with van der Waals surface area (Å²) in [5.41, 5.74) is 4.09. The van der Waals surface area contributed by atoms with Gasteiger partial charge in [-0.05, 0) is 48.1 Å². The van der Waals surface area contributed by atoms with E-state index in [0.717, 1.165) is 40.8 Å². The maximum absolute atomic E-state index is 12.7. The van der Waals surface area contributed by atoms with Crippen molar-refractivity contribution in [1.82, 2.24) is 5.06 Å². The molecule has 5 nitrogen and oxygen atoms in total. The number of carbonyl (C=O) groups is 1. The van der Waals surface area contributed by atoms with Crippen molar-refractivity contribution in [2.24, 2.45) is 0 Å². The highest BCUT2D eigenvalue weighted by Crippen LogP contribution is 2.42. The number of rotatable bonds is 4. The minimum atomic E-state index is -0.558. The number of fused-ring (bicyclic) bond motifs is 1. The van der Waals surface area contributed by atoms with Gasteiger partial charge in [0.05, 0.1) is 20.3 Å². The standard InChI is InChI=1S/C20H23NO4/c1-21(25-3)20(23)15-8-5-4-7-13(15)14-11-12-18(24-2)16-9-6-10-17(22)19(14)16/h4-5,7-8,11-12,17,22H,6,9-10H2,1-3H3. The number of aliphatic hydroxyl groups is 1. The fourth-order valence-electron chi connectivity index (χ4n) is 3.48. The zero-order valence-corrected chi connectivity index (χ0v) is 14.8. The quantitative estimate of drug-likeness (QED) is 0.866. The number of hydrogen-bond donors (Lipinski definition) is 1. The van der Waals surface area contributed by atoms with Crippen molar-refractivity contribution in [3.63, 3.8) is 0 Å². The molecule has 0 radical (unpaired) electrons. The highest BCUT2D eigenvalue weighted by molar-refractivity contribution is 6.00. The molecule has 1 aliphatic carbocycles. The van der Waals surface area contributed by atoms with E-state index in [0.29, 0.717) is 12.0 Å². The first-order valence-electron chi connectivity index (χ1n) is 8.37. The van der Waals surface area contributed by atoms with Crippen molar-refractivity contribution in [3.8, 4) is 16.9 Å². The van der Waals surface area contributed by atoms with E-state index in [9.17, 15) is 9.90 Å². The van der Waals surface area contributed by atoms with Gasteiger partial charge in [-0.15, -0.1) is 0 Å². The van der Waals surface area contributed by atoms with Crippen LogP contribution in [-0.4, -0.2) is 37.3 Å². The number of benzene rings is 2. The van der Waals surface area contributed by atoms with E-state index in [2.05, 4.69) is 0 Å². The van der Waals surface area contributed by atoms with Gasteiger partial charge >= 0.3 is 0 Å². The summed E-state index contributed by atoms with van der Waals surface area (Å²) in [5, 5.41) is 11.8. The lowest BCUT2D eigenvalue weighted by atomic mass is 9.82. The van der Waals surface area contributed by atoms with Crippen LogP contribution >= 0.6 is 0 Å². The van der Waals surface area contributed by atoms with Crippen molar-refractivity contribution in [2.75, 3.05) is 21.3 Å². The average Bonchev–Trinajstić information content (AvgIpc) is 2.66. The molecule has 0 spiro atoms. The van der Waals surface area contributed by atoms with E-state index in [1.165, 1.54) is 12.2 Å². The van der Waals surface area contributed by atoms with Crippen LogP contribution in [0.4, 0.5) is 0 Å².